The van der Waals surface area contributed by atoms with E-state index in [1.807, 2.05) is 4.90 Å². The maximum Gasteiger partial charge on any atom is 0.308 e. The summed E-state index contributed by atoms with van der Waals surface area (Å²) in [5.74, 6) is 0.398. The number of likely N-dealkylation sites (tertiary alicyclic amines) is 1. The Bertz CT molecular complexity index is 636. The van der Waals surface area contributed by atoms with Crippen molar-refractivity contribution >= 4 is 17.8 Å². The molecule has 6 nitrogen and oxygen atoms in total. The maximum atomic E-state index is 12.3. The highest BCUT2D eigenvalue weighted by atomic mass is 16.5. The van der Waals surface area contributed by atoms with E-state index in [0.29, 0.717) is 30.2 Å². The molecule has 0 atom stereocenters. The lowest BCUT2D eigenvalue weighted by Gasteiger charge is -2.32. The third-order valence-corrected chi connectivity index (χ3v) is 4.62. The van der Waals surface area contributed by atoms with E-state index >= 15 is 0 Å². The van der Waals surface area contributed by atoms with Crippen LogP contribution in [0.4, 0.5) is 0 Å². The zero-order valence-electron chi connectivity index (χ0n) is 15.6. The Labute approximate surface area is 154 Å². The fourth-order valence-electron chi connectivity index (χ4n) is 3.08. The molecule has 6 heteroatoms. The number of rotatable bonds is 7. The first-order chi connectivity index (χ1) is 12.5. The number of hydrogen-bond acceptors (Lipinski definition) is 4. The molecule has 142 valence electrons. The Kier molecular flexibility index (Phi) is 7.63. The zero-order chi connectivity index (χ0) is 18.9. The highest BCUT2D eigenvalue weighted by Gasteiger charge is 2.22. The fraction of sp³-hybridized carbons (Fsp3) is 0.550. The van der Waals surface area contributed by atoms with Crippen molar-refractivity contribution in [1.82, 2.24) is 10.2 Å². The Balaban J connectivity index is 1.77. The van der Waals surface area contributed by atoms with Crippen LogP contribution in [-0.2, 0) is 9.59 Å². The normalized spacial score (nSPS) is 14.8. The molecule has 1 aliphatic heterocycles. The van der Waals surface area contributed by atoms with Crippen LogP contribution in [0, 0.1) is 5.92 Å². The smallest absolute Gasteiger partial charge is 0.308 e. The predicted octanol–water partition coefficient (Wildman–Crippen LogP) is 2.77. The molecule has 26 heavy (non-hydrogen) atoms. The molecule has 1 aliphatic rings. The first kappa shape index (κ1) is 19.9. The molecule has 1 fully saturated rings. The number of carbonyl (C=O) groups is 3. The van der Waals surface area contributed by atoms with Gasteiger partial charge in [0.15, 0.2) is 0 Å². The van der Waals surface area contributed by atoms with Gasteiger partial charge in [0.2, 0.25) is 5.91 Å². The summed E-state index contributed by atoms with van der Waals surface area (Å²) in [5.41, 5.74) is 0.468. The van der Waals surface area contributed by atoms with Crippen LogP contribution in [0.2, 0.25) is 0 Å². The number of esters is 1. The Morgan fingerprint density at radius 2 is 1.96 bits per heavy atom. The van der Waals surface area contributed by atoms with Gasteiger partial charge in [-0.2, -0.15) is 0 Å². The van der Waals surface area contributed by atoms with Gasteiger partial charge >= 0.3 is 5.97 Å². The van der Waals surface area contributed by atoms with Crippen LogP contribution >= 0.6 is 0 Å². The second kappa shape index (κ2) is 9.94. The third-order valence-electron chi connectivity index (χ3n) is 4.62. The van der Waals surface area contributed by atoms with Gasteiger partial charge in [0.1, 0.15) is 5.75 Å². The van der Waals surface area contributed by atoms with Gasteiger partial charge in [0.05, 0.1) is 0 Å². The molecule has 0 saturated carbocycles. The topological polar surface area (TPSA) is 75.7 Å². The lowest BCUT2D eigenvalue weighted by atomic mass is 9.96. The second-order valence-corrected chi connectivity index (χ2v) is 6.76. The van der Waals surface area contributed by atoms with Crippen LogP contribution in [0.25, 0.3) is 0 Å². The van der Waals surface area contributed by atoms with Crippen molar-refractivity contribution in [2.75, 3.05) is 19.6 Å². The summed E-state index contributed by atoms with van der Waals surface area (Å²) in [6.45, 7) is 5.54. The number of piperidine rings is 1. The average Bonchev–Trinajstić information content (AvgIpc) is 2.64. The number of nitrogens with zero attached hydrogens (tertiary/aromatic N) is 1. The molecule has 1 saturated heterocycles. The van der Waals surface area contributed by atoms with Gasteiger partial charge in [0.25, 0.3) is 5.91 Å². The Hall–Kier alpha value is -2.37. The van der Waals surface area contributed by atoms with Crippen molar-refractivity contribution in [2.45, 2.75) is 46.0 Å². The molecule has 0 unspecified atom stereocenters. The van der Waals surface area contributed by atoms with E-state index in [2.05, 4.69) is 12.2 Å². The van der Waals surface area contributed by atoms with Crippen molar-refractivity contribution in [2.24, 2.45) is 5.92 Å². The molecule has 0 radical (unpaired) electrons. The van der Waals surface area contributed by atoms with Crippen LogP contribution in [0.15, 0.2) is 24.3 Å². The largest absolute Gasteiger partial charge is 0.427 e. The molecule has 2 rings (SSSR count). The summed E-state index contributed by atoms with van der Waals surface area (Å²) < 4.78 is 5.01. The fourth-order valence-corrected chi connectivity index (χ4v) is 3.08. The summed E-state index contributed by atoms with van der Waals surface area (Å²) in [6, 6.07) is 6.58. The molecular formula is C20H28N2O4. The molecule has 1 heterocycles. The van der Waals surface area contributed by atoms with Crippen LogP contribution < -0.4 is 10.1 Å². The van der Waals surface area contributed by atoms with E-state index in [0.717, 1.165) is 38.8 Å². The zero-order valence-corrected chi connectivity index (χ0v) is 15.6. The quantitative estimate of drug-likeness (QED) is 0.599. The molecular weight excluding hydrogens is 332 g/mol. The number of hydrogen-bond donors (Lipinski definition) is 1. The van der Waals surface area contributed by atoms with E-state index in [1.54, 1.807) is 24.3 Å². The van der Waals surface area contributed by atoms with E-state index < -0.39 is 5.97 Å². The summed E-state index contributed by atoms with van der Waals surface area (Å²) in [4.78, 5) is 37.3. The van der Waals surface area contributed by atoms with Crippen LogP contribution in [0.5, 0.6) is 5.75 Å². The van der Waals surface area contributed by atoms with Gasteiger partial charge in [-0.25, -0.2) is 0 Å². The maximum absolute atomic E-state index is 12.3. The highest BCUT2D eigenvalue weighted by Crippen LogP contribution is 2.18. The van der Waals surface area contributed by atoms with Crippen LogP contribution in [-0.4, -0.2) is 42.3 Å². The van der Waals surface area contributed by atoms with Gasteiger partial charge < -0.3 is 15.0 Å². The van der Waals surface area contributed by atoms with Gasteiger partial charge in [0, 0.05) is 38.5 Å². The number of unbranched alkanes of at least 4 members (excludes halogenated alkanes) is 1. The molecule has 0 bridgehead atoms. The minimum absolute atomic E-state index is 0.180. The molecule has 2 amide bonds. The molecule has 0 aromatic heterocycles. The first-order valence-corrected chi connectivity index (χ1v) is 9.34. The standard InChI is InChI=1S/C20H28N2O4/c1-3-4-8-19(24)22-11-9-16(10-12-22)14-21-20(25)17-6-5-7-18(13-17)26-15(2)23/h5-7,13,16H,3-4,8-12,14H2,1-2H3,(H,21,25). The number of amides is 2. The highest BCUT2D eigenvalue weighted by molar-refractivity contribution is 5.94. The summed E-state index contributed by atoms with van der Waals surface area (Å²) in [5, 5.41) is 2.94. The number of ether oxygens (including phenoxy) is 1. The molecule has 0 aliphatic carbocycles. The SMILES string of the molecule is CCCCC(=O)N1CCC(CNC(=O)c2cccc(OC(C)=O)c2)CC1. The average molecular weight is 360 g/mol. The molecule has 1 N–H and O–H groups in total. The van der Waals surface area contributed by atoms with Crippen molar-refractivity contribution in [3.63, 3.8) is 0 Å². The van der Waals surface area contributed by atoms with Crippen molar-refractivity contribution in [3.05, 3.63) is 29.8 Å². The van der Waals surface area contributed by atoms with E-state index in [4.69, 9.17) is 4.74 Å². The lowest BCUT2D eigenvalue weighted by Crippen LogP contribution is -2.41. The minimum Gasteiger partial charge on any atom is -0.427 e. The monoisotopic (exact) mass is 360 g/mol. The van der Waals surface area contributed by atoms with Gasteiger partial charge in [-0.15, -0.1) is 0 Å². The van der Waals surface area contributed by atoms with Crippen molar-refractivity contribution in [1.29, 1.82) is 0 Å². The van der Waals surface area contributed by atoms with E-state index in [-0.39, 0.29) is 11.8 Å². The summed E-state index contributed by atoms with van der Waals surface area (Å²) in [6.07, 6.45) is 4.43. The second-order valence-electron chi connectivity index (χ2n) is 6.76. The van der Waals surface area contributed by atoms with Crippen molar-refractivity contribution < 1.29 is 19.1 Å². The van der Waals surface area contributed by atoms with Crippen molar-refractivity contribution in [3.8, 4) is 5.75 Å². The number of nitrogens with one attached hydrogen (secondary N) is 1. The van der Waals surface area contributed by atoms with Gasteiger partial charge in [-0.1, -0.05) is 19.4 Å². The number of benzene rings is 1. The lowest BCUT2D eigenvalue weighted by molar-refractivity contribution is -0.133. The van der Waals surface area contributed by atoms with Crippen LogP contribution in [0.1, 0.15) is 56.3 Å². The molecule has 1 aromatic carbocycles. The minimum atomic E-state index is -0.414. The Morgan fingerprint density at radius 3 is 2.62 bits per heavy atom. The summed E-state index contributed by atoms with van der Waals surface area (Å²) in [7, 11) is 0. The predicted molar refractivity (Wildman–Crippen MR) is 98.9 cm³/mol. The van der Waals surface area contributed by atoms with E-state index in [9.17, 15) is 14.4 Å². The van der Waals surface area contributed by atoms with E-state index in [1.165, 1.54) is 6.92 Å². The molecule has 1 aromatic rings. The molecule has 0 spiro atoms. The van der Waals surface area contributed by atoms with Crippen LogP contribution in [0.3, 0.4) is 0 Å². The first-order valence-electron chi connectivity index (χ1n) is 9.34. The third kappa shape index (κ3) is 6.17. The number of carbonyl (C=O) groups excluding carboxylic acids is 3. The van der Waals surface area contributed by atoms with Gasteiger partial charge in [-0.05, 0) is 43.4 Å². The summed E-state index contributed by atoms with van der Waals surface area (Å²) >= 11 is 0. The Morgan fingerprint density at radius 1 is 1.23 bits per heavy atom. The van der Waals surface area contributed by atoms with Gasteiger partial charge in [-0.3, -0.25) is 14.4 Å².